The summed E-state index contributed by atoms with van der Waals surface area (Å²) < 4.78 is 23.5. The number of benzene rings is 1. The van der Waals surface area contributed by atoms with Gasteiger partial charge in [0.25, 0.3) is 5.91 Å². The van der Waals surface area contributed by atoms with Crippen LogP contribution in [-0.4, -0.2) is 30.8 Å². The van der Waals surface area contributed by atoms with Crippen LogP contribution in [0.15, 0.2) is 29.2 Å². The second-order valence-electron chi connectivity index (χ2n) is 5.07. The average molecular weight is 369 g/mol. The number of anilines is 1. The lowest BCUT2D eigenvalue weighted by atomic mass is 10.2. The SMILES string of the molecule is CCS(=O)(=O)c1ccc(C(=O)Nc2nc3c(s2)CSCC3)cc1. The summed E-state index contributed by atoms with van der Waals surface area (Å²) in [6.07, 6.45) is 0.940. The summed E-state index contributed by atoms with van der Waals surface area (Å²) in [4.78, 5) is 18.2. The Balaban J connectivity index is 1.74. The van der Waals surface area contributed by atoms with Crippen molar-refractivity contribution in [1.29, 1.82) is 0 Å². The van der Waals surface area contributed by atoms with E-state index in [0.717, 1.165) is 23.6 Å². The number of amides is 1. The molecule has 0 saturated heterocycles. The molecule has 23 heavy (non-hydrogen) atoms. The fraction of sp³-hybridized carbons (Fsp3) is 0.333. The van der Waals surface area contributed by atoms with Gasteiger partial charge in [0.05, 0.1) is 16.3 Å². The molecule has 3 rings (SSSR count). The van der Waals surface area contributed by atoms with Gasteiger partial charge in [-0.2, -0.15) is 11.8 Å². The molecular weight excluding hydrogens is 352 g/mol. The van der Waals surface area contributed by atoms with Crippen molar-refractivity contribution in [2.24, 2.45) is 0 Å². The molecule has 0 radical (unpaired) electrons. The number of thiazole rings is 1. The molecule has 1 aliphatic rings. The molecule has 0 atom stereocenters. The molecule has 2 aromatic rings. The van der Waals surface area contributed by atoms with E-state index in [1.807, 2.05) is 11.8 Å². The Kier molecular flexibility index (Phi) is 4.74. The van der Waals surface area contributed by atoms with E-state index in [9.17, 15) is 13.2 Å². The summed E-state index contributed by atoms with van der Waals surface area (Å²) in [6, 6.07) is 6.00. The Labute approximate surface area is 143 Å². The van der Waals surface area contributed by atoms with E-state index in [-0.39, 0.29) is 16.6 Å². The summed E-state index contributed by atoms with van der Waals surface area (Å²) in [5.74, 6) is 1.79. The summed E-state index contributed by atoms with van der Waals surface area (Å²) in [7, 11) is -3.25. The van der Waals surface area contributed by atoms with Crippen molar-refractivity contribution in [3.05, 3.63) is 40.4 Å². The standard InChI is InChI=1S/C15H16N2O3S3/c1-2-23(19,20)11-5-3-10(4-6-11)14(18)17-15-16-12-7-8-21-9-13(12)22-15/h3-6H,2,7-9H2,1H3,(H,16,17,18). The second kappa shape index (κ2) is 6.62. The summed E-state index contributed by atoms with van der Waals surface area (Å²) in [5.41, 5.74) is 1.50. The van der Waals surface area contributed by atoms with Gasteiger partial charge in [0.1, 0.15) is 0 Å². The van der Waals surface area contributed by atoms with E-state index in [4.69, 9.17) is 0 Å². The molecule has 0 fully saturated rings. The molecule has 0 spiro atoms. The van der Waals surface area contributed by atoms with Crippen LogP contribution in [0.5, 0.6) is 0 Å². The van der Waals surface area contributed by atoms with Crippen molar-refractivity contribution in [3.63, 3.8) is 0 Å². The Hall–Kier alpha value is -1.38. The van der Waals surface area contributed by atoms with Crippen LogP contribution in [0, 0.1) is 0 Å². The molecule has 1 aliphatic heterocycles. The number of sulfone groups is 1. The molecule has 8 heteroatoms. The van der Waals surface area contributed by atoms with Crippen molar-refractivity contribution in [1.82, 2.24) is 4.98 Å². The topological polar surface area (TPSA) is 76.1 Å². The first-order valence-electron chi connectivity index (χ1n) is 7.20. The molecule has 1 N–H and O–H groups in total. The molecule has 1 amide bonds. The fourth-order valence-electron chi connectivity index (χ4n) is 2.23. The monoisotopic (exact) mass is 368 g/mol. The average Bonchev–Trinajstić information content (AvgIpc) is 2.97. The van der Waals surface area contributed by atoms with Crippen molar-refractivity contribution < 1.29 is 13.2 Å². The number of hydrogen-bond donors (Lipinski definition) is 1. The van der Waals surface area contributed by atoms with Crippen LogP contribution in [0.4, 0.5) is 5.13 Å². The molecule has 1 aromatic carbocycles. The molecule has 1 aromatic heterocycles. The van der Waals surface area contributed by atoms with Gasteiger partial charge in [-0.25, -0.2) is 13.4 Å². The van der Waals surface area contributed by atoms with E-state index in [2.05, 4.69) is 10.3 Å². The van der Waals surface area contributed by atoms with Crippen molar-refractivity contribution in [2.75, 3.05) is 16.8 Å². The van der Waals surface area contributed by atoms with E-state index < -0.39 is 9.84 Å². The number of aryl methyl sites for hydroxylation is 1. The van der Waals surface area contributed by atoms with Gasteiger partial charge in [0.15, 0.2) is 15.0 Å². The highest BCUT2D eigenvalue weighted by molar-refractivity contribution is 7.98. The molecular formula is C15H16N2O3S3. The Morgan fingerprint density at radius 3 is 2.70 bits per heavy atom. The van der Waals surface area contributed by atoms with Gasteiger partial charge in [-0.05, 0) is 36.4 Å². The van der Waals surface area contributed by atoms with Gasteiger partial charge in [0, 0.05) is 16.2 Å². The molecule has 122 valence electrons. The van der Waals surface area contributed by atoms with E-state index in [1.165, 1.54) is 40.5 Å². The Bertz CT molecular complexity index is 803. The largest absolute Gasteiger partial charge is 0.298 e. The van der Waals surface area contributed by atoms with Gasteiger partial charge in [-0.15, -0.1) is 11.3 Å². The number of hydrogen-bond acceptors (Lipinski definition) is 6. The fourth-order valence-corrected chi connectivity index (χ4v) is 5.23. The summed E-state index contributed by atoms with van der Waals surface area (Å²) in [5, 5.41) is 3.40. The van der Waals surface area contributed by atoms with E-state index in [1.54, 1.807) is 6.92 Å². The first-order valence-corrected chi connectivity index (χ1v) is 10.8. The highest BCUT2D eigenvalue weighted by Gasteiger charge is 2.18. The van der Waals surface area contributed by atoms with Crippen LogP contribution in [0.2, 0.25) is 0 Å². The lowest BCUT2D eigenvalue weighted by molar-refractivity contribution is 0.102. The third-order valence-electron chi connectivity index (χ3n) is 3.57. The van der Waals surface area contributed by atoms with Crippen LogP contribution < -0.4 is 5.32 Å². The lowest BCUT2D eigenvalue weighted by Gasteiger charge is -2.06. The number of carbonyl (C=O) groups excluding carboxylic acids is 1. The minimum atomic E-state index is -3.25. The summed E-state index contributed by atoms with van der Waals surface area (Å²) in [6.45, 7) is 1.60. The molecule has 0 unspecified atom stereocenters. The van der Waals surface area contributed by atoms with E-state index >= 15 is 0 Å². The van der Waals surface area contributed by atoms with E-state index in [0.29, 0.717) is 10.7 Å². The maximum absolute atomic E-state index is 12.3. The number of aromatic nitrogens is 1. The normalized spacial score (nSPS) is 14.3. The predicted molar refractivity (Wildman–Crippen MR) is 94.1 cm³/mol. The molecule has 5 nitrogen and oxygen atoms in total. The van der Waals surface area contributed by atoms with Crippen LogP contribution in [-0.2, 0) is 22.0 Å². The van der Waals surface area contributed by atoms with Crippen molar-refractivity contribution in [3.8, 4) is 0 Å². The highest BCUT2D eigenvalue weighted by atomic mass is 32.2. The van der Waals surface area contributed by atoms with Crippen molar-refractivity contribution >= 4 is 44.0 Å². The predicted octanol–water partition coefficient (Wildman–Crippen LogP) is 2.98. The molecule has 0 bridgehead atoms. The number of fused-ring (bicyclic) bond motifs is 1. The zero-order valence-electron chi connectivity index (χ0n) is 12.5. The smallest absolute Gasteiger partial charge is 0.257 e. The zero-order valence-corrected chi connectivity index (χ0v) is 15.0. The first-order chi connectivity index (χ1) is 11.0. The minimum Gasteiger partial charge on any atom is -0.298 e. The Morgan fingerprint density at radius 2 is 2.04 bits per heavy atom. The minimum absolute atomic E-state index is 0.0429. The number of nitrogens with zero attached hydrogens (tertiary/aromatic N) is 1. The van der Waals surface area contributed by atoms with Crippen LogP contribution in [0.1, 0.15) is 27.9 Å². The molecule has 0 aliphatic carbocycles. The number of carbonyl (C=O) groups is 1. The highest BCUT2D eigenvalue weighted by Crippen LogP contribution is 2.32. The number of rotatable bonds is 4. The van der Waals surface area contributed by atoms with Gasteiger partial charge in [-0.3, -0.25) is 10.1 Å². The Morgan fingerprint density at radius 1 is 1.30 bits per heavy atom. The van der Waals surface area contributed by atoms with Crippen LogP contribution in [0.3, 0.4) is 0 Å². The molecule has 0 saturated carbocycles. The second-order valence-corrected chi connectivity index (χ2v) is 9.54. The lowest BCUT2D eigenvalue weighted by Crippen LogP contribution is -2.12. The quantitative estimate of drug-likeness (QED) is 0.898. The molecule has 2 heterocycles. The van der Waals surface area contributed by atoms with Gasteiger partial charge >= 0.3 is 0 Å². The van der Waals surface area contributed by atoms with Crippen molar-refractivity contribution in [2.45, 2.75) is 24.0 Å². The van der Waals surface area contributed by atoms with Gasteiger partial charge < -0.3 is 0 Å². The first kappa shape index (κ1) is 16.5. The maximum Gasteiger partial charge on any atom is 0.257 e. The third kappa shape index (κ3) is 3.59. The van der Waals surface area contributed by atoms with Crippen LogP contribution >= 0.6 is 23.1 Å². The van der Waals surface area contributed by atoms with Gasteiger partial charge in [-0.1, -0.05) is 6.92 Å². The number of nitrogens with one attached hydrogen (secondary N) is 1. The maximum atomic E-state index is 12.3. The van der Waals surface area contributed by atoms with Crippen LogP contribution in [0.25, 0.3) is 0 Å². The third-order valence-corrected chi connectivity index (χ3v) is 7.50. The summed E-state index contributed by atoms with van der Waals surface area (Å²) >= 11 is 3.38. The number of thioether (sulfide) groups is 1. The van der Waals surface area contributed by atoms with Gasteiger partial charge in [0.2, 0.25) is 0 Å². The zero-order chi connectivity index (χ0) is 16.4.